The fourth-order valence-corrected chi connectivity index (χ4v) is 1.56. The Balaban J connectivity index is 2.79. The van der Waals surface area contributed by atoms with E-state index in [1.165, 1.54) is 12.5 Å². The van der Waals surface area contributed by atoms with Crippen LogP contribution < -0.4 is 5.32 Å². The quantitative estimate of drug-likeness (QED) is 0.764. The average molecular weight is 217 g/mol. The molecule has 0 amide bonds. The van der Waals surface area contributed by atoms with Crippen LogP contribution in [0, 0.1) is 0 Å². The summed E-state index contributed by atoms with van der Waals surface area (Å²) in [5.41, 5.74) is 0. The lowest BCUT2D eigenvalue weighted by atomic mass is 10.3. The summed E-state index contributed by atoms with van der Waals surface area (Å²) in [6.07, 6.45) is 4.09. The summed E-state index contributed by atoms with van der Waals surface area (Å²) in [6.45, 7) is 2.66. The number of nitrogens with zero attached hydrogens (tertiary/aromatic N) is 2. The van der Waals surface area contributed by atoms with Gasteiger partial charge in [-0.25, -0.2) is 8.42 Å². The molecule has 14 heavy (non-hydrogen) atoms. The molecule has 80 valence electrons. The standard InChI is InChI=1S/C8H15N3O2S/c1-7(9-2)5-11-6-8(4-10-11)14(3,12)13/h4,6-7,9H,5H2,1-3H3. The van der Waals surface area contributed by atoms with Crippen LogP contribution in [0.1, 0.15) is 6.92 Å². The monoisotopic (exact) mass is 217 g/mol. The molecule has 1 N–H and O–H groups in total. The molecule has 0 aliphatic rings. The molecule has 0 saturated heterocycles. The third-order valence-corrected chi connectivity index (χ3v) is 3.06. The van der Waals surface area contributed by atoms with Gasteiger partial charge in [0.15, 0.2) is 9.84 Å². The van der Waals surface area contributed by atoms with Crippen LogP contribution in [-0.4, -0.2) is 37.5 Å². The van der Waals surface area contributed by atoms with Crippen molar-refractivity contribution < 1.29 is 8.42 Å². The minimum absolute atomic E-state index is 0.265. The topological polar surface area (TPSA) is 64.0 Å². The molecule has 6 heteroatoms. The van der Waals surface area contributed by atoms with Crippen molar-refractivity contribution in [1.82, 2.24) is 15.1 Å². The number of rotatable bonds is 4. The molecule has 1 atom stereocenters. The summed E-state index contributed by atoms with van der Waals surface area (Å²) < 4.78 is 23.9. The molecule has 0 saturated carbocycles. The molecule has 1 aromatic rings. The van der Waals surface area contributed by atoms with Gasteiger partial charge in [-0.2, -0.15) is 5.10 Å². The fraction of sp³-hybridized carbons (Fsp3) is 0.625. The predicted molar refractivity (Wildman–Crippen MR) is 53.9 cm³/mol. The van der Waals surface area contributed by atoms with Crippen molar-refractivity contribution >= 4 is 9.84 Å². The Hall–Kier alpha value is -0.880. The molecule has 1 rings (SSSR count). The minimum atomic E-state index is -3.13. The Morgan fingerprint density at radius 2 is 2.29 bits per heavy atom. The van der Waals surface area contributed by atoms with Crippen LogP contribution in [0.5, 0.6) is 0 Å². The van der Waals surface area contributed by atoms with E-state index in [0.29, 0.717) is 6.54 Å². The van der Waals surface area contributed by atoms with E-state index in [9.17, 15) is 8.42 Å². The van der Waals surface area contributed by atoms with E-state index in [-0.39, 0.29) is 10.9 Å². The van der Waals surface area contributed by atoms with Crippen molar-refractivity contribution in [2.24, 2.45) is 0 Å². The van der Waals surface area contributed by atoms with Gasteiger partial charge in [-0.1, -0.05) is 0 Å². The van der Waals surface area contributed by atoms with E-state index in [1.807, 2.05) is 14.0 Å². The maximum Gasteiger partial charge on any atom is 0.178 e. The summed E-state index contributed by atoms with van der Waals surface area (Å²) >= 11 is 0. The van der Waals surface area contributed by atoms with Crippen LogP contribution in [0.3, 0.4) is 0 Å². The summed E-state index contributed by atoms with van der Waals surface area (Å²) in [6, 6.07) is 0.266. The molecule has 0 aliphatic carbocycles. The highest BCUT2D eigenvalue weighted by Gasteiger charge is 2.10. The van der Waals surface area contributed by atoms with Gasteiger partial charge in [0.2, 0.25) is 0 Å². The second-order valence-corrected chi connectivity index (χ2v) is 5.38. The van der Waals surface area contributed by atoms with Crippen molar-refractivity contribution in [3.05, 3.63) is 12.4 Å². The van der Waals surface area contributed by atoms with E-state index >= 15 is 0 Å². The lowest BCUT2D eigenvalue weighted by Gasteiger charge is -2.08. The molecule has 0 radical (unpaired) electrons. The molecule has 0 bridgehead atoms. The lowest BCUT2D eigenvalue weighted by molar-refractivity contribution is 0.481. The van der Waals surface area contributed by atoms with E-state index in [1.54, 1.807) is 10.9 Å². The first-order valence-electron chi connectivity index (χ1n) is 4.33. The van der Waals surface area contributed by atoms with Crippen LogP contribution in [-0.2, 0) is 16.4 Å². The second-order valence-electron chi connectivity index (χ2n) is 3.36. The number of likely N-dealkylation sites (N-methyl/N-ethyl adjacent to an activating group) is 1. The van der Waals surface area contributed by atoms with E-state index in [0.717, 1.165) is 0 Å². The zero-order valence-electron chi connectivity index (χ0n) is 8.56. The highest BCUT2D eigenvalue weighted by atomic mass is 32.2. The normalized spacial score (nSPS) is 14.2. The Morgan fingerprint density at radius 1 is 1.64 bits per heavy atom. The Labute approximate surface area is 84.0 Å². The highest BCUT2D eigenvalue weighted by molar-refractivity contribution is 7.90. The Bertz CT molecular complexity index is 396. The molecule has 0 fully saturated rings. The van der Waals surface area contributed by atoms with Crippen molar-refractivity contribution in [1.29, 1.82) is 0 Å². The highest BCUT2D eigenvalue weighted by Crippen LogP contribution is 2.06. The van der Waals surface area contributed by atoms with Crippen LogP contribution in [0.4, 0.5) is 0 Å². The SMILES string of the molecule is CNC(C)Cn1cc(S(C)(=O)=O)cn1. The van der Waals surface area contributed by atoms with Gasteiger partial charge in [0.1, 0.15) is 4.90 Å². The maximum absolute atomic E-state index is 11.1. The summed E-state index contributed by atoms with van der Waals surface area (Å²) in [7, 11) is -1.28. The van der Waals surface area contributed by atoms with Crippen LogP contribution >= 0.6 is 0 Å². The van der Waals surface area contributed by atoms with Gasteiger partial charge in [-0.05, 0) is 14.0 Å². The smallest absolute Gasteiger partial charge is 0.178 e. The zero-order chi connectivity index (χ0) is 10.8. The molecule has 1 unspecified atom stereocenters. The number of hydrogen-bond donors (Lipinski definition) is 1. The Kier molecular flexibility index (Phi) is 3.28. The molecular formula is C8H15N3O2S. The van der Waals surface area contributed by atoms with Gasteiger partial charge in [0.25, 0.3) is 0 Å². The van der Waals surface area contributed by atoms with Gasteiger partial charge in [0, 0.05) is 18.5 Å². The van der Waals surface area contributed by atoms with Gasteiger partial charge in [0.05, 0.1) is 12.7 Å². The van der Waals surface area contributed by atoms with E-state index < -0.39 is 9.84 Å². The third kappa shape index (κ3) is 2.81. The fourth-order valence-electron chi connectivity index (χ4n) is 1.01. The number of nitrogens with one attached hydrogen (secondary N) is 1. The molecule has 0 aromatic carbocycles. The molecule has 0 aliphatic heterocycles. The van der Waals surface area contributed by atoms with Gasteiger partial charge >= 0.3 is 0 Å². The van der Waals surface area contributed by atoms with Crippen LogP contribution in [0.25, 0.3) is 0 Å². The molecule has 5 nitrogen and oxygen atoms in total. The molecule has 1 aromatic heterocycles. The van der Waals surface area contributed by atoms with Crippen LogP contribution in [0.2, 0.25) is 0 Å². The van der Waals surface area contributed by atoms with Crippen LogP contribution in [0.15, 0.2) is 17.3 Å². The first kappa shape index (κ1) is 11.2. The summed E-state index contributed by atoms with van der Waals surface area (Å²) in [5, 5.41) is 7.02. The number of aromatic nitrogens is 2. The largest absolute Gasteiger partial charge is 0.315 e. The van der Waals surface area contributed by atoms with Crippen molar-refractivity contribution in [2.75, 3.05) is 13.3 Å². The van der Waals surface area contributed by atoms with Gasteiger partial charge < -0.3 is 5.32 Å². The Morgan fingerprint density at radius 3 is 2.71 bits per heavy atom. The molecule has 1 heterocycles. The van der Waals surface area contributed by atoms with E-state index in [4.69, 9.17) is 0 Å². The van der Waals surface area contributed by atoms with Crippen molar-refractivity contribution in [3.63, 3.8) is 0 Å². The lowest BCUT2D eigenvalue weighted by Crippen LogP contribution is -2.26. The average Bonchev–Trinajstić information content (AvgIpc) is 2.51. The minimum Gasteiger partial charge on any atom is -0.315 e. The van der Waals surface area contributed by atoms with Crippen molar-refractivity contribution in [2.45, 2.75) is 24.4 Å². The summed E-state index contributed by atoms with van der Waals surface area (Å²) in [4.78, 5) is 0.265. The summed E-state index contributed by atoms with van der Waals surface area (Å²) in [5.74, 6) is 0. The maximum atomic E-state index is 11.1. The molecule has 0 spiro atoms. The van der Waals surface area contributed by atoms with Crippen molar-refractivity contribution in [3.8, 4) is 0 Å². The molecular weight excluding hydrogens is 202 g/mol. The second kappa shape index (κ2) is 4.10. The van der Waals surface area contributed by atoms with Gasteiger partial charge in [-0.15, -0.1) is 0 Å². The van der Waals surface area contributed by atoms with Gasteiger partial charge in [-0.3, -0.25) is 4.68 Å². The number of hydrogen-bond acceptors (Lipinski definition) is 4. The first-order valence-corrected chi connectivity index (χ1v) is 6.22. The number of sulfone groups is 1. The van der Waals surface area contributed by atoms with E-state index in [2.05, 4.69) is 10.4 Å². The predicted octanol–water partition coefficient (Wildman–Crippen LogP) is -0.106. The zero-order valence-corrected chi connectivity index (χ0v) is 9.37. The third-order valence-electron chi connectivity index (χ3n) is 1.99. The first-order chi connectivity index (χ1) is 6.43.